The van der Waals surface area contributed by atoms with E-state index < -0.39 is 5.91 Å². The highest BCUT2D eigenvalue weighted by Crippen LogP contribution is 2.06. The molecule has 0 spiro atoms. The molecular weight excluding hydrogens is 158 g/mol. The van der Waals surface area contributed by atoms with Gasteiger partial charge in [0, 0.05) is 13.5 Å². The molecule has 1 aliphatic heterocycles. The molecule has 0 bridgehead atoms. The number of hydrogen-bond acceptors (Lipinski definition) is 3. The summed E-state index contributed by atoms with van der Waals surface area (Å²) in [6.45, 7) is 2.11. The van der Waals surface area contributed by atoms with E-state index >= 15 is 0 Å². The molecule has 0 aromatic carbocycles. The minimum atomic E-state index is -0.402. The number of carbonyl (C=O) groups excluding carboxylic acids is 2. The minimum Gasteiger partial charge on any atom is -0.368 e. The van der Waals surface area contributed by atoms with Gasteiger partial charge in [-0.25, -0.2) is 5.43 Å². The average molecular weight is 171 g/mol. The van der Waals surface area contributed by atoms with Crippen LogP contribution in [0.15, 0.2) is 0 Å². The Labute approximate surface area is 70.9 Å². The van der Waals surface area contributed by atoms with Crippen LogP contribution in [-0.4, -0.2) is 29.4 Å². The minimum absolute atomic E-state index is 0.0825. The van der Waals surface area contributed by atoms with E-state index in [0.29, 0.717) is 13.0 Å². The molecule has 1 fully saturated rings. The average Bonchev–Trinajstić information content (AvgIpc) is 2.04. The summed E-state index contributed by atoms with van der Waals surface area (Å²) in [4.78, 5) is 21.6. The van der Waals surface area contributed by atoms with Crippen LogP contribution in [0.2, 0.25) is 0 Å². The quantitative estimate of drug-likeness (QED) is 0.530. The molecule has 1 rings (SSSR count). The molecule has 1 saturated heterocycles. The number of nitrogens with zero attached hydrogens (tertiary/aromatic N) is 1. The molecule has 1 aliphatic rings. The summed E-state index contributed by atoms with van der Waals surface area (Å²) in [6.07, 6.45) is 1.53. The fourth-order valence-corrected chi connectivity index (χ4v) is 1.22. The summed E-state index contributed by atoms with van der Waals surface area (Å²) in [5.41, 5.74) is 7.85. The third-order valence-corrected chi connectivity index (χ3v) is 1.91. The lowest BCUT2D eigenvalue weighted by atomic mass is 10.1. The summed E-state index contributed by atoms with van der Waals surface area (Å²) < 4.78 is 0. The van der Waals surface area contributed by atoms with Gasteiger partial charge in [-0.05, 0) is 12.8 Å². The van der Waals surface area contributed by atoms with Crippen LogP contribution in [0.1, 0.15) is 19.8 Å². The van der Waals surface area contributed by atoms with Crippen molar-refractivity contribution >= 4 is 11.8 Å². The molecule has 0 aromatic heterocycles. The number of nitrogens with one attached hydrogen (secondary N) is 1. The van der Waals surface area contributed by atoms with Crippen LogP contribution in [0.25, 0.3) is 0 Å². The van der Waals surface area contributed by atoms with Gasteiger partial charge in [0.25, 0.3) is 0 Å². The lowest BCUT2D eigenvalue weighted by Crippen LogP contribution is -2.56. The van der Waals surface area contributed by atoms with Crippen molar-refractivity contribution in [2.75, 3.05) is 6.54 Å². The van der Waals surface area contributed by atoms with Crippen LogP contribution in [-0.2, 0) is 9.59 Å². The Hall–Kier alpha value is -1.10. The summed E-state index contributed by atoms with van der Waals surface area (Å²) in [6, 6.07) is -0.386. The fraction of sp³-hybridized carbons (Fsp3) is 0.714. The summed E-state index contributed by atoms with van der Waals surface area (Å²) in [5, 5.41) is 1.43. The topological polar surface area (TPSA) is 75.4 Å². The Balaban J connectivity index is 2.51. The predicted octanol–water partition coefficient (Wildman–Crippen LogP) is -1.01. The molecule has 3 N–H and O–H groups in total. The van der Waals surface area contributed by atoms with Gasteiger partial charge in [0.05, 0.1) is 0 Å². The highest BCUT2D eigenvalue weighted by Gasteiger charge is 2.24. The lowest BCUT2D eigenvalue weighted by Gasteiger charge is -2.31. The Morgan fingerprint density at radius 1 is 1.58 bits per heavy atom. The molecular formula is C7H13N3O2. The fourth-order valence-electron chi connectivity index (χ4n) is 1.22. The first kappa shape index (κ1) is 8.99. The maximum Gasteiger partial charge on any atom is 0.236 e. The Kier molecular flexibility index (Phi) is 2.65. The first-order valence-corrected chi connectivity index (χ1v) is 3.95. The maximum absolute atomic E-state index is 10.9. The van der Waals surface area contributed by atoms with Crippen molar-refractivity contribution in [2.24, 2.45) is 5.73 Å². The van der Waals surface area contributed by atoms with E-state index in [1.165, 1.54) is 11.9 Å². The third kappa shape index (κ3) is 1.94. The standard InChI is InChI=1S/C7H13N3O2/c1-5(11)10-4-2-3-6(9-10)7(8)12/h6,9H,2-4H2,1H3,(H2,8,12). The van der Waals surface area contributed by atoms with Gasteiger partial charge in [0.2, 0.25) is 11.8 Å². The molecule has 1 heterocycles. The number of hydrogen-bond donors (Lipinski definition) is 2. The summed E-state index contributed by atoms with van der Waals surface area (Å²) in [7, 11) is 0. The lowest BCUT2D eigenvalue weighted by molar-refractivity contribution is -0.136. The second-order valence-corrected chi connectivity index (χ2v) is 2.90. The Bertz CT molecular complexity index is 185. The summed E-state index contributed by atoms with van der Waals surface area (Å²) in [5.74, 6) is -0.484. The Morgan fingerprint density at radius 3 is 2.75 bits per heavy atom. The zero-order valence-electron chi connectivity index (χ0n) is 7.04. The zero-order chi connectivity index (χ0) is 9.14. The van der Waals surface area contributed by atoms with E-state index in [9.17, 15) is 9.59 Å². The molecule has 0 radical (unpaired) electrons. The van der Waals surface area contributed by atoms with Crippen LogP contribution in [0.3, 0.4) is 0 Å². The monoisotopic (exact) mass is 171 g/mol. The second-order valence-electron chi connectivity index (χ2n) is 2.90. The van der Waals surface area contributed by atoms with Gasteiger partial charge in [-0.15, -0.1) is 0 Å². The first-order valence-electron chi connectivity index (χ1n) is 3.95. The van der Waals surface area contributed by atoms with Crippen molar-refractivity contribution in [3.8, 4) is 0 Å². The summed E-state index contributed by atoms with van der Waals surface area (Å²) >= 11 is 0. The molecule has 2 amide bonds. The third-order valence-electron chi connectivity index (χ3n) is 1.91. The van der Waals surface area contributed by atoms with Crippen molar-refractivity contribution in [1.29, 1.82) is 0 Å². The first-order chi connectivity index (χ1) is 5.61. The van der Waals surface area contributed by atoms with E-state index in [1.54, 1.807) is 0 Å². The van der Waals surface area contributed by atoms with Gasteiger partial charge < -0.3 is 5.73 Å². The van der Waals surface area contributed by atoms with Gasteiger partial charge >= 0.3 is 0 Å². The van der Waals surface area contributed by atoms with Crippen LogP contribution >= 0.6 is 0 Å². The molecule has 0 aromatic rings. The number of rotatable bonds is 1. The van der Waals surface area contributed by atoms with Crippen molar-refractivity contribution in [1.82, 2.24) is 10.4 Å². The number of amides is 2. The van der Waals surface area contributed by atoms with Gasteiger partial charge in [0.1, 0.15) is 6.04 Å². The molecule has 5 nitrogen and oxygen atoms in total. The number of carbonyl (C=O) groups is 2. The van der Waals surface area contributed by atoms with E-state index in [4.69, 9.17) is 5.73 Å². The van der Waals surface area contributed by atoms with Crippen molar-refractivity contribution < 1.29 is 9.59 Å². The molecule has 0 saturated carbocycles. The van der Waals surface area contributed by atoms with Crippen molar-refractivity contribution in [2.45, 2.75) is 25.8 Å². The second kappa shape index (κ2) is 3.53. The van der Waals surface area contributed by atoms with Crippen LogP contribution < -0.4 is 11.2 Å². The highest BCUT2D eigenvalue weighted by atomic mass is 16.2. The van der Waals surface area contributed by atoms with E-state index in [-0.39, 0.29) is 11.9 Å². The van der Waals surface area contributed by atoms with Crippen LogP contribution in [0, 0.1) is 0 Å². The molecule has 0 aliphatic carbocycles. The SMILES string of the molecule is CC(=O)N1CCCC(C(N)=O)N1. The molecule has 1 atom stereocenters. The molecule has 1 unspecified atom stereocenters. The molecule has 12 heavy (non-hydrogen) atoms. The van der Waals surface area contributed by atoms with Crippen molar-refractivity contribution in [3.63, 3.8) is 0 Å². The predicted molar refractivity (Wildman–Crippen MR) is 42.7 cm³/mol. The highest BCUT2D eigenvalue weighted by molar-refractivity contribution is 5.81. The maximum atomic E-state index is 10.9. The number of hydrazine groups is 1. The largest absolute Gasteiger partial charge is 0.368 e. The number of nitrogens with two attached hydrogens (primary N) is 1. The molecule has 68 valence electrons. The van der Waals surface area contributed by atoms with E-state index in [2.05, 4.69) is 5.43 Å². The normalized spacial score (nSPS) is 23.8. The zero-order valence-corrected chi connectivity index (χ0v) is 7.04. The van der Waals surface area contributed by atoms with Gasteiger partial charge in [0.15, 0.2) is 0 Å². The van der Waals surface area contributed by atoms with E-state index in [1.807, 2.05) is 0 Å². The van der Waals surface area contributed by atoms with Crippen LogP contribution in [0.5, 0.6) is 0 Å². The molecule has 5 heteroatoms. The van der Waals surface area contributed by atoms with Crippen molar-refractivity contribution in [3.05, 3.63) is 0 Å². The van der Waals surface area contributed by atoms with E-state index in [0.717, 1.165) is 6.42 Å². The van der Waals surface area contributed by atoms with Gasteiger partial charge in [-0.1, -0.05) is 0 Å². The van der Waals surface area contributed by atoms with Gasteiger partial charge in [-0.2, -0.15) is 0 Å². The van der Waals surface area contributed by atoms with Gasteiger partial charge in [-0.3, -0.25) is 14.6 Å². The smallest absolute Gasteiger partial charge is 0.236 e. The Morgan fingerprint density at radius 2 is 2.25 bits per heavy atom. The van der Waals surface area contributed by atoms with Crippen LogP contribution in [0.4, 0.5) is 0 Å². The number of primary amides is 1.